The molecule has 21 heavy (non-hydrogen) atoms. The van der Waals surface area contributed by atoms with E-state index in [0.717, 1.165) is 24.8 Å². The Labute approximate surface area is 124 Å². The Hall–Kier alpha value is -1.88. The Morgan fingerprint density at radius 2 is 2.00 bits per heavy atom. The van der Waals surface area contributed by atoms with Crippen molar-refractivity contribution in [3.05, 3.63) is 35.4 Å². The minimum Gasteiger partial charge on any atom is -0.480 e. The lowest BCUT2D eigenvalue weighted by atomic mass is 9.81. The second-order valence-electron chi connectivity index (χ2n) is 5.54. The normalized spacial score (nSPS) is 17.2. The van der Waals surface area contributed by atoms with Gasteiger partial charge in [-0.15, -0.1) is 0 Å². The number of aliphatic carboxylic acids is 1. The zero-order chi connectivity index (χ0) is 15.3. The van der Waals surface area contributed by atoms with Crippen LogP contribution in [0.1, 0.15) is 48.0 Å². The highest BCUT2D eigenvalue weighted by molar-refractivity contribution is 5.98. The fourth-order valence-corrected chi connectivity index (χ4v) is 2.81. The molecule has 0 radical (unpaired) electrons. The minimum atomic E-state index is -1.12. The Morgan fingerprint density at radius 3 is 2.62 bits per heavy atom. The number of rotatable bonds is 5. The lowest BCUT2D eigenvalue weighted by Gasteiger charge is -2.34. The first-order valence-corrected chi connectivity index (χ1v) is 7.21. The number of carbonyl (C=O) groups is 2. The van der Waals surface area contributed by atoms with Gasteiger partial charge in [0, 0.05) is 12.7 Å². The van der Waals surface area contributed by atoms with Crippen molar-refractivity contribution in [1.29, 1.82) is 0 Å². The second-order valence-corrected chi connectivity index (χ2v) is 5.54. The van der Waals surface area contributed by atoms with E-state index in [9.17, 15) is 14.7 Å². The van der Waals surface area contributed by atoms with E-state index in [2.05, 4.69) is 5.32 Å². The van der Waals surface area contributed by atoms with Crippen LogP contribution in [0.5, 0.6) is 0 Å². The number of amides is 1. The lowest BCUT2D eigenvalue weighted by Crippen LogP contribution is -2.55. The molecule has 2 rings (SSSR count). The summed E-state index contributed by atoms with van der Waals surface area (Å²) in [4.78, 5) is 23.9. The molecule has 5 nitrogen and oxygen atoms in total. The third-order valence-corrected chi connectivity index (χ3v) is 3.97. The van der Waals surface area contributed by atoms with Gasteiger partial charge in [0.25, 0.3) is 5.91 Å². The lowest BCUT2D eigenvalue weighted by molar-refractivity contribution is -0.145. The highest BCUT2D eigenvalue weighted by atomic mass is 16.5. The Kier molecular flexibility index (Phi) is 4.96. The van der Waals surface area contributed by atoms with E-state index in [-0.39, 0.29) is 5.91 Å². The fraction of sp³-hybridized carbons (Fsp3) is 0.500. The van der Waals surface area contributed by atoms with Crippen LogP contribution in [-0.2, 0) is 16.1 Å². The van der Waals surface area contributed by atoms with Crippen LogP contribution in [0.25, 0.3) is 0 Å². The van der Waals surface area contributed by atoms with Crippen molar-refractivity contribution in [3.63, 3.8) is 0 Å². The van der Waals surface area contributed by atoms with E-state index in [1.165, 1.54) is 0 Å². The van der Waals surface area contributed by atoms with Crippen LogP contribution < -0.4 is 5.32 Å². The second kappa shape index (κ2) is 6.72. The van der Waals surface area contributed by atoms with Crippen molar-refractivity contribution in [2.75, 3.05) is 7.11 Å². The van der Waals surface area contributed by atoms with Crippen LogP contribution in [0, 0.1) is 0 Å². The minimum absolute atomic E-state index is 0.336. The molecule has 1 aliphatic carbocycles. The van der Waals surface area contributed by atoms with Crippen molar-refractivity contribution in [3.8, 4) is 0 Å². The summed E-state index contributed by atoms with van der Waals surface area (Å²) in [7, 11) is 1.59. The average molecular weight is 291 g/mol. The van der Waals surface area contributed by atoms with Crippen LogP contribution in [0.2, 0.25) is 0 Å². The quantitative estimate of drug-likeness (QED) is 0.873. The van der Waals surface area contributed by atoms with Gasteiger partial charge in [-0.05, 0) is 30.5 Å². The van der Waals surface area contributed by atoms with E-state index in [1.807, 2.05) is 6.07 Å². The number of hydrogen-bond donors (Lipinski definition) is 2. The highest BCUT2D eigenvalue weighted by Crippen LogP contribution is 2.29. The monoisotopic (exact) mass is 291 g/mol. The summed E-state index contributed by atoms with van der Waals surface area (Å²) in [5.41, 5.74) is 0.237. The molecule has 1 aromatic rings. The molecule has 1 amide bonds. The average Bonchev–Trinajstić information content (AvgIpc) is 2.48. The Morgan fingerprint density at radius 1 is 1.29 bits per heavy atom. The van der Waals surface area contributed by atoms with Gasteiger partial charge in [-0.3, -0.25) is 4.79 Å². The number of carbonyl (C=O) groups excluding carboxylic acids is 1. The van der Waals surface area contributed by atoms with Gasteiger partial charge in [-0.1, -0.05) is 31.4 Å². The molecule has 0 saturated heterocycles. The number of benzene rings is 1. The van der Waals surface area contributed by atoms with Gasteiger partial charge in [-0.2, -0.15) is 0 Å². The first-order chi connectivity index (χ1) is 10.1. The smallest absolute Gasteiger partial charge is 0.329 e. The summed E-state index contributed by atoms with van der Waals surface area (Å²) in [6.45, 7) is 0.422. The van der Waals surface area contributed by atoms with Crippen LogP contribution in [0.3, 0.4) is 0 Å². The molecule has 0 unspecified atom stereocenters. The predicted molar refractivity (Wildman–Crippen MR) is 78.1 cm³/mol. The molecule has 0 spiro atoms. The van der Waals surface area contributed by atoms with E-state index in [4.69, 9.17) is 4.74 Å². The molecule has 0 atom stereocenters. The first-order valence-electron chi connectivity index (χ1n) is 7.21. The van der Waals surface area contributed by atoms with Crippen molar-refractivity contribution < 1.29 is 19.4 Å². The molecule has 1 aliphatic rings. The van der Waals surface area contributed by atoms with Gasteiger partial charge in [0.1, 0.15) is 5.54 Å². The molecule has 0 aromatic heterocycles. The van der Waals surface area contributed by atoms with E-state index in [0.29, 0.717) is 25.0 Å². The maximum Gasteiger partial charge on any atom is 0.329 e. The van der Waals surface area contributed by atoms with E-state index in [1.54, 1.807) is 25.3 Å². The molecular formula is C16H21NO4. The summed E-state index contributed by atoms with van der Waals surface area (Å²) in [5, 5.41) is 12.2. The fourth-order valence-electron chi connectivity index (χ4n) is 2.81. The summed E-state index contributed by atoms with van der Waals surface area (Å²) in [6, 6.07) is 7.06. The van der Waals surface area contributed by atoms with Crippen molar-refractivity contribution in [2.24, 2.45) is 0 Å². The summed E-state index contributed by atoms with van der Waals surface area (Å²) < 4.78 is 5.04. The summed E-state index contributed by atoms with van der Waals surface area (Å²) >= 11 is 0. The van der Waals surface area contributed by atoms with Crippen molar-refractivity contribution in [2.45, 2.75) is 44.2 Å². The van der Waals surface area contributed by atoms with Crippen LogP contribution in [0.4, 0.5) is 0 Å². The maximum absolute atomic E-state index is 12.4. The molecule has 1 fully saturated rings. The van der Waals surface area contributed by atoms with Gasteiger partial charge in [0.05, 0.1) is 6.61 Å². The largest absolute Gasteiger partial charge is 0.480 e. The Bertz CT molecular complexity index is 521. The number of methoxy groups -OCH3 is 1. The topological polar surface area (TPSA) is 75.6 Å². The predicted octanol–water partition coefficient (Wildman–Crippen LogP) is 2.35. The molecule has 0 aliphatic heterocycles. The number of nitrogens with one attached hydrogen (secondary N) is 1. The van der Waals surface area contributed by atoms with Crippen molar-refractivity contribution in [1.82, 2.24) is 5.32 Å². The molecule has 1 saturated carbocycles. The van der Waals surface area contributed by atoms with Gasteiger partial charge in [-0.25, -0.2) is 4.79 Å². The zero-order valence-corrected chi connectivity index (χ0v) is 12.2. The maximum atomic E-state index is 12.4. The van der Waals surface area contributed by atoms with E-state index < -0.39 is 11.5 Å². The first kappa shape index (κ1) is 15.5. The number of carboxylic acids is 1. The number of carboxylic acid groups (broad SMARTS) is 1. The Balaban J connectivity index is 2.15. The third kappa shape index (κ3) is 3.61. The van der Waals surface area contributed by atoms with Gasteiger partial charge in [0.15, 0.2) is 0 Å². The zero-order valence-electron chi connectivity index (χ0n) is 12.2. The number of hydrogen-bond acceptors (Lipinski definition) is 3. The molecule has 0 bridgehead atoms. The molecular weight excluding hydrogens is 270 g/mol. The molecule has 0 heterocycles. The van der Waals surface area contributed by atoms with Gasteiger partial charge in [0.2, 0.25) is 0 Å². The van der Waals surface area contributed by atoms with Gasteiger partial charge >= 0.3 is 5.97 Å². The van der Waals surface area contributed by atoms with Crippen molar-refractivity contribution >= 4 is 11.9 Å². The van der Waals surface area contributed by atoms with Crippen LogP contribution in [0.15, 0.2) is 24.3 Å². The SMILES string of the molecule is COCc1cccc(C(=O)NC2(C(=O)O)CCCCC2)c1. The molecule has 5 heteroatoms. The van der Waals surface area contributed by atoms with Crippen LogP contribution in [-0.4, -0.2) is 29.6 Å². The number of ether oxygens (including phenoxy) is 1. The van der Waals surface area contributed by atoms with E-state index >= 15 is 0 Å². The third-order valence-electron chi connectivity index (χ3n) is 3.97. The highest BCUT2D eigenvalue weighted by Gasteiger charge is 2.41. The van der Waals surface area contributed by atoms with Gasteiger partial charge < -0.3 is 15.2 Å². The molecule has 2 N–H and O–H groups in total. The summed E-state index contributed by atoms with van der Waals surface area (Å²) in [6.07, 6.45) is 3.67. The summed E-state index contributed by atoms with van der Waals surface area (Å²) in [5.74, 6) is -1.28. The molecule has 114 valence electrons. The standard InChI is InChI=1S/C16H21NO4/c1-21-11-12-6-5-7-13(10-12)14(18)17-16(15(19)20)8-3-2-4-9-16/h5-7,10H,2-4,8-9,11H2,1H3,(H,17,18)(H,19,20). The molecule has 1 aromatic carbocycles. The van der Waals surface area contributed by atoms with Crippen LogP contribution >= 0.6 is 0 Å².